The minimum Gasteiger partial charge on any atom is -0.441 e. The number of aryl methyl sites for hydroxylation is 3. The van der Waals surface area contributed by atoms with Gasteiger partial charge in [0.1, 0.15) is 5.52 Å². The van der Waals surface area contributed by atoms with Gasteiger partial charge in [-0.05, 0) is 42.7 Å². The van der Waals surface area contributed by atoms with Crippen LogP contribution >= 0.6 is 11.6 Å². The largest absolute Gasteiger partial charge is 0.441 e. The van der Waals surface area contributed by atoms with Crippen molar-refractivity contribution in [3.8, 4) is 0 Å². The number of pyridine rings is 1. The van der Waals surface area contributed by atoms with Crippen LogP contribution in [0.1, 0.15) is 17.1 Å². The Bertz CT molecular complexity index is 707. The third kappa shape index (κ3) is 2.61. The first kappa shape index (κ1) is 12.2. The third-order valence-electron chi connectivity index (χ3n) is 3.02. The molecule has 0 spiro atoms. The van der Waals surface area contributed by atoms with E-state index in [-0.39, 0.29) is 0 Å². The molecule has 4 heteroatoms. The summed E-state index contributed by atoms with van der Waals surface area (Å²) in [7, 11) is 0. The molecule has 0 saturated heterocycles. The first-order valence-corrected chi connectivity index (χ1v) is 6.55. The first-order chi connectivity index (χ1) is 9.22. The Morgan fingerprint density at radius 2 is 2.11 bits per heavy atom. The molecule has 0 unspecified atom stereocenters. The summed E-state index contributed by atoms with van der Waals surface area (Å²) in [5.74, 6) is 0.663. The average molecular weight is 273 g/mol. The summed E-state index contributed by atoms with van der Waals surface area (Å²) in [6.45, 7) is 1.84. The quantitative estimate of drug-likeness (QED) is 0.724. The van der Waals surface area contributed by atoms with E-state index >= 15 is 0 Å². The zero-order valence-corrected chi connectivity index (χ0v) is 11.3. The lowest BCUT2D eigenvalue weighted by molar-refractivity contribution is 0.557. The Labute approximate surface area is 116 Å². The summed E-state index contributed by atoms with van der Waals surface area (Å²) in [5, 5.41) is 0.692. The highest BCUT2D eigenvalue weighted by Gasteiger charge is 2.10. The lowest BCUT2D eigenvalue weighted by Crippen LogP contribution is -1.94. The second-order valence-corrected chi connectivity index (χ2v) is 4.90. The fourth-order valence-corrected chi connectivity index (χ4v) is 2.40. The van der Waals surface area contributed by atoms with E-state index in [1.54, 1.807) is 0 Å². The molecular weight excluding hydrogens is 260 g/mol. The molecule has 3 nitrogen and oxygen atoms in total. The predicted octanol–water partition coefficient (Wildman–Crippen LogP) is 3.97. The third-order valence-corrected chi connectivity index (χ3v) is 3.23. The van der Waals surface area contributed by atoms with Gasteiger partial charge in [0.15, 0.2) is 11.5 Å². The van der Waals surface area contributed by atoms with Crippen LogP contribution in [0, 0.1) is 6.92 Å². The standard InChI is InChI=1S/C15H13ClN2O/c1-10-18-14-9-12(16)8-11(15(14)19-10)5-6-13-4-2-3-7-17-13/h2-4,7-9H,5-6H2,1H3. The molecule has 0 saturated carbocycles. The zero-order chi connectivity index (χ0) is 13.2. The Morgan fingerprint density at radius 3 is 2.89 bits per heavy atom. The van der Waals surface area contributed by atoms with Gasteiger partial charge in [-0.2, -0.15) is 0 Å². The Morgan fingerprint density at radius 1 is 1.21 bits per heavy atom. The van der Waals surface area contributed by atoms with Gasteiger partial charge in [0, 0.05) is 23.8 Å². The summed E-state index contributed by atoms with van der Waals surface area (Å²) in [6.07, 6.45) is 3.50. The normalized spacial score (nSPS) is 11.1. The van der Waals surface area contributed by atoms with Crippen molar-refractivity contribution in [2.45, 2.75) is 19.8 Å². The molecular formula is C15H13ClN2O. The van der Waals surface area contributed by atoms with Crippen LogP contribution in [0.25, 0.3) is 11.1 Å². The molecule has 0 fully saturated rings. The second kappa shape index (κ2) is 5.02. The fraction of sp³-hybridized carbons (Fsp3) is 0.200. The van der Waals surface area contributed by atoms with Crippen molar-refractivity contribution in [2.24, 2.45) is 0 Å². The number of hydrogen-bond acceptors (Lipinski definition) is 3. The SMILES string of the molecule is Cc1nc2cc(Cl)cc(CCc3ccccn3)c2o1. The van der Waals surface area contributed by atoms with Crippen molar-refractivity contribution in [2.75, 3.05) is 0 Å². The van der Waals surface area contributed by atoms with Gasteiger partial charge in [0.2, 0.25) is 0 Å². The molecule has 0 N–H and O–H groups in total. The van der Waals surface area contributed by atoms with Crippen LogP contribution in [0.5, 0.6) is 0 Å². The van der Waals surface area contributed by atoms with E-state index < -0.39 is 0 Å². The van der Waals surface area contributed by atoms with Crippen molar-refractivity contribution in [1.82, 2.24) is 9.97 Å². The van der Waals surface area contributed by atoms with E-state index in [1.165, 1.54) is 0 Å². The maximum atomic E-state index is 6.12. The van der Waals surface area contributed by atoms with E-state index in [0.717, 1.165) is 35.2 Å². The van der Waals surface area contributed by atoms with Crippen molar-refractivity contribution in [3.05, 3.63) is 58.7 Å². The molecule has 19 heavy (non-hydrogen) atoms. The number of hydrogen-bond donors (Lipinski definition) is 0. The lowest BCUT2D eigenvalue weighted by atomic mass is 10.1. The molecule has 0 aliphatic heterocycles. The number of oxazole rings is 1. The second-order valence-electron chi connectivity index (χ2n) is 4.47. The zero-order valence-electron chi connectivity index (χ0n) is 10.6. The summed E-state index contributed by atoms with van der Waals surface area (Å²) >= 11 is 6.12. The van der Waals surface area contributed by atoms with Crippen molar-refractivity contribution < 1.29 is 4.42 Å². The van der Waals surface area contributed by atoms with Gasteiger partial charge in [0.25, 0.3) is 0 Å². The van der Waals surface area contributed by atoms with Crippen LogP contribution < -0.4 is 0 Å². The van der Waals surface area contributed by atoms with Crippen LogP contribution in [0.15, 0.2) is 40.9 Å². The van der Waals surface area contributed by atoms with Gasteiger partial charge in [-0.1, -0.05) is 17.7 Å². The molecule has 0 aliphatic carbocycles. The fourth-order valence-electron chi connectivity index (χ4n) is 2.17. The number of nitrogens with zero attached hydrogens (tertiary/aromatic N) is 2. The molecule has 2 heterocycles. The molecule has 96 valence electrons. The van der Waals surface area contributed by atoms with E-state index in [0.29, 0.717) is 10.9 Å². The van der Waals surface area contributed by atoms with Gasteiger partial charge >= 0.3 is 0 Å². The minimum absolute atomic E-state index is 0.663. The van der Waals surface area contributed by atoms with Crippen LogP contribution in [0.2, 0.25) is 5.02 Å². The number of rotatable bonds is 3. The Hall–Kier alpha value is -1.87. The number of benzene rings is 1. The summed E-state index contributed by atoms with van der Waals surface area (Å²) < 4.78 is 5.65. The topological polar surface area (TPSA) is 38.9 Å². The molecule has 2 aromatic heterocycles. The molecule has 0 aliphatic rings. The molecule has 1 aromatic carbocycles. The van der Waals surface area contributed by atoms with Crippen LogP contribution in [0.3, 0.4) is 0 Å². The Kier molecular flexibility index (Phi) is 3.22. The number of halogens is 1. The highest BCUT2D eigenvalue weighted by atomic mass is 35.5. The van der Waals surface area contributed by atoms with E-state index in [9.17, 15) is 0 Å². The predicted molar refractivity (Wildman–Crippen MR) is 75.4 cm³/mol. The molecule has 0 atom stereocenters. The Balaban J connectivity index is 1.92. The molecule has 3 aromatic rings. The highest BCUT2D eigenvalue weighted by molar-refractivity contribution is 6.31. The van der Waals surface area contributed by atoms with Gasteiger partial charge < -0.3 is 4.42 Å². The monoisotopic (exact) mass is 272 g/mol. The van der Waals surface area contributed by atoms with Gasteiger partial charge in [-0.25, -0.2) is 4.98 Å². The smallest absolute Gasteiger partial charge is 0.192 e. The summed E-state index contributed by atoms with van der Waals surface area (Å²) in [4.78, 5) is 8.65. The average Bonchev–Trinajstić information content (AvgIpc) is 2.77. The summed E-state index contributed by atoms with van der Waals surface area (Å²) in [5.41, 5.74) is 3.79. The van der Waals surface area contributed by atoms with E-state index in [4.69, 9.17) is 16.0 Å². The van der Waals surface area contributed by atoms with Gasteiger partial charge in [-0.3, -0.25) is 4.98 Å². The number of fused-ring (bicyclic) bond motifs is 1. The maximum Gasteiger partial charge on any atom is 0.192 e. The molecule has 3 rings (SSSR count). The highest BCUT2D eigenvalue weighted by Crippen LogP contribution is 2.25. The van der Waals surface area contributed by atoms with Gasteiger partial charge in [0.05, 0.1) is 0 Å². The minimum atomic E-state index is 0.663. The molecule has 0 radical (unpaired) electrons. The van der Waals surface area contributed by atoms with Crippen LogP contribution in [0.4, 0.5) is 0 Å². The number of aromatic nitrogens is 2. The summed E-state index contributed by atoms with van der Waals surface area (Å²) in [6, 6.07) is 9.71. The van der Waals surface area contributed by atoms with Gasteiger partial charge in [-0.15, -0.1) is 0 Å². The van der Waals surface area contributed by atoms with Crippen LogP contribution in [-0.2, 0) is 12.8 Å². The van der Waals surface area contributed by atoms with Crippen molar-refractivity contribution in [3.63, 3.8) is 0 Å². The molecule has 0 amide bonds. The van der Waals surface area contributed by atoms with Crippen LogP contribution in [-0.4, -0.2) is 9.97 Å². The molecule has 0 bridgehead atoms. The van der Waals surface area contributed by atoms with Crippen molar-refractivity contribution >= 4 is 22.7 Å². The van der Waals surface area contributed by atoms with E-state index in [2.05, 4.69) is 9.97 Å². The maximum absolute atomic E-state index is 6.12. The lowest BCUT2D eigenvalue weighted by Gasteiger charge is -2.03. The van der Waals surface area contributed by atoms with Crippen molar-refractivity contribution in [1.29, 1.82) is 0 Å². The van der Waals surface area contributed by atoms with E-state index in [1.807, 2.05) is 43.5 Å². The first-order valence-electron chi connectivity index (χ1n) is 6.18.